The standard InChI is InChI=1S/C22H18F4N4O/c23-17-5-2-14(3-6-17)21-20(15-8-10-28-19(12-15)27-9-1-11-31)18-7-4-16(22(24,25)26)13-30(18)29-21/h2-8,10,12-13,31H,1,9,11H2,(H,27,28). The number of hydrogen-bond acceptors (Lipinski definition) is 4. The van der Waals surface area contributed by atoms with Crippen LogP contribution in [0.3, 0.4) is 0 Å². The molecule has 0 bridgehead atoms. The zero-order chi connectivity index (χ0) is 22.0. The van der Waals surface area contributed by atoms with Gasteiger partial charge in [0, 0.05) is 36.7 Å². The van der Waals surface area contributed by atoms with E-state index in [-0.39, 0.29) is 6.61 Å². The predicted molar refractivity (Wildman–Crippen MR) is 109 cm³/mol. The summed E-state index contributed by atoms with van der Waals surface area (Å²) in [5.41, 5.74) is 1.94. The van der Waals surface area contributed by atoms with Crippen molar-refractivity contribution < 1.29 is 22.7 Å². The van der Waals surface area contributed by atoms with Crippen molar-refractivity contribution in [3.8, 4) is 22.4 Å². The highest BCUT2D eigenvalue weighted by molar-refractivity contribution is 5.92. The summed E-state index contributed by atoms with van der Waals surface area (Å²) in [6.45, 7) is 0.554. The highest BCUT2D eigenvalue weighted by Crippen LogP contribution is 2.37. The molecular weight excluding hydrogens is 412 g/mol. The number of benzene rings is 1. The molecule has 0 saturated heterocycles. The Morgan fingerprint density at radius 3 is 2.48 bits per heavy atom. The largest absolute Gasteiger partial charge is 0.417 e. The van der Waals surface area contributed by atoms with Crippen molar-refractivity contribution in [2.24, 2.45) is 0 Å². The van der Waals surface area contributed by atoms with Crippen molar-refractivity contribution in [2.45, 2.75) is 12.6 Å². The third-order valence-electron chi connectivity index (χ3n) is 4.76. The van der Waals surface area contributed by atoms with Gasteiger partial charge in [0.1, 0.15) is 17.3 Å². The van der Waals surface area contributed by atoms with Crippen molar-refractivity contribution in [3.05, 3.63) is 72.3 Å². The quantitative estimate of drug-likeness (QED) is 0.333. The number of fused-ring (bicyclic) bond motifs is 1. The van der Waals surface area contributed by atoms with E-state index in [1.807, 2.05) is 0 Å². The second-order valence-electron chi connectivity index (χ2n) is 6.91. The second-order valence-corrected chi connectivity index (χ2v) is 6.91. The van der Waals surface area contributed by atoms with Crippen molar-refractivity contribution in [2.75, 3.05) is 18.5 Å². The Morgan fingerprint density at radius 1 is 1.00 bits per heavy atom. The van der Waals surface area contributed by atoms with Crippen LogP contribution < -0.4 is 5.32 Å². The molecule has 0 aliphatic heterocycles. The summed E-state index contributed by atoms with van der Waals surface area (Å²) in [7, 11) is 0. The van der Waals surface area contributed by atoms with Crippen LogP contribution in [0.25, 0.3) is 27.9 Å². The number of pyridine rings is 2. The number of hydrogen-bond donors (Lipinski definition) is 2. The number of alkyl halides is 3. The first kappa shape index (κ1) is 20.8. The monoisotopic (exact) mass is 430 g/mol. The highest BCUT2D eigenvalue weighted by atomic mass is 19.4. The molecule has 4 aromatic rings. The third-order valence-corrected chi connectivity index (χ3v) is 4.76. The first-order chi connectivity index (χ1) is 14.9. The van der Waals surface area contributed by atoms with E-state index in [4.69, 9.17) is 5.11 Å². The van der Waals surface area contributed by atoms with Gasteiger partial charge in [0.25, 0.3) is 0 Å². The number of nitrogens with zero attached hydrogens (tertiary/aromatic N) is 3. The van der Waals surface area contributed by atoms with Gasteiger partial charge in [-0.05, 0) is 60.5 Å². The lowest BCUT2D eigenvalue weighted by atomic mass is 10.00. The molecule has 9 heteroatoms. The number of halogens is 4. The molecule has 5 nitrogen and oxygen atoms in total. The van der Waals surface area contributed by atoms with Crippen LogP contribution in [0.4, 0.5) is 23.4 Å². The van der Waals surface area contributed by atoms with Crippen LogP contribution in [-0.2, 0) is 6.18 Å². The van der Waals surface area contributed by atoms with E-state index in [2.05, 4.69) is 15.4 Å². The van der Waals surface area contributed by atoms with Gasteiger partial charge in [-0.25, -0.2) is 13.9 Å². The molecule has 160 valence electrons. The molecule has 3 aromatic heterocycles. The fourth-order valence-electron chi connectivity index (χ4n) is 3.29. The summed E-state index contributed by atoms with van der Waals surface area (Å²) >= 11 is 0. The van der Waals surface area contributed by atoms with E-state index in [1.165, 1.54) is 34.8 Å². The van der Waals surface area contributed by atoms with E-state index < -0.39 is 17.6 Å². The molecule has 3 heterocycles. The number of nitrogens with one attached hydrogen (secondary N) is 1. The zero-order valence-electron chi connectivity index (χ0n) is 16.2. The van der Waals surface area contributed by atoms with Gasteiger partial charge < -0.3 is 10.4 Å². The lowest BCUT2D eigenvalue weighted by Crippen LogP contribution is -2.06. The van der Waals surface area contributed by atoms with Gasteiger partial charge in [-0.3, -0.25) is 0 Å². The van der Waals surface area contributed by atoms with E-state index in [1.54, 1.807) is 18.3 Å². The molecule has 0 aliphatic rings. The molecule has 0 amide bonds. The minimum Gasteiger partial charge on any atom is -0.396 e. The summed E-state index contributed by atoms with van der Waals surface area (Å²) < 4.78 is 54.2. The summed E-state index contributed by atoms with van der Waals surface area (Å²) in [6.07, 6.45) is -1.44. The number of aliphatic hydroxyl groups excluding tert-OH is 1. The van der Waals surface area contributed by atoms with Gasteiger partial charge in [-0.2, -0.15) is 18.3 Å². The number of anilines is 1. The van der Waals surface area contributed by atoms with Crippen LogP contribution in [0, 0.1) is 5.82 Å². The first-order valence-corrected chi connectivity index (χ1v) is 9.53. The molecule has 0 aliphatic carbocycles. The van der Waals surface area contributed by atoms with Gasteiger partial charge in [0.2, 0.25) is 0 Å². The third kappa shape index (κ3) is 4.36. The molecule has 31 heavy (non-hydrogen) atoms. The van der Waals surface area contributed by atoms with Crippen molar-refractivity contribution in [1.29, 1.82) is 0 Å². The molecule has 1 aromatic carbocycles. The summed E-state index contributed by atoms with van der Waals surface area (Å²) in [5, 5.41) is 16.4. The molecule has 4 rings (SSSR count). The Balaban J connectivity index is 1.89. The fraction of sp³-hybridized carbons (Fsp3) is 0.182. The van der Waals surface area contributed by atoms with Crippen LogP contribution in [-0.4, -0.2) is 32.9 Å². The van der Waals surface area contributed by atoms with Gasteiger partial charge in [0.15, 0.2) is 0 Å². The smallest absolute Gasteiger partial charge is 0.396 e. The van der Waals surface area contributed by atoms with Crippen LogP contribution >= 0.6 is 0 Å². The molecule has 2 N–H and O–H groups in total. The van der Waals surface area contributed by atoms with E-state index in [9.17, 15) is 17.6 Å². The van der Waals surface area contributed by atoms with Crippen molar-refractivity contribution in [1.82, 2.24) is 14.6 Å². The van der Waals surface area contributed by atoms with Gasteiger partial charge in [-0.1, -0.05) is 0 Å². The van der Waals surface area contributed by atoms with Crippen LogP contribution in [0.5, 0.6) is 0 Å². The van der Waals surface area contributed by atoms with Crippen molar-refractivity contribution in [3.63, 3.8) is 0 Å². The lowest BCUT2D eigenvalue weighted by molar-refractivity contribution is -0.137. The van der Waals surface area contributed by atoms with Gasteiger partial charge >= 0.3 is 6.18 Å². The van der Waals surface area contributed by atoms with Crippen LogP contribution in [0.15, 0.2) is 60.9 Å². The predicted octanol–water partition coefficient (Wildman–Crippen LogP) is 5.02. The maximum absolute atomic E-state index is 13.4. The second kappa shape index (κ2) is 8.35. The van der Waals surface area contributed by atoms with E-state index in [0.717, 1.165) is 12.3 Å². The van der Waals surface area contributed by atoms with Crippen LogP contribution in [0.2, 0.25) is 0 Å². The summed E-state index contributed by atoms with van der Waals surface area (Å²) in [4.78, 5) is 4.24. The maximum atomic E-state index is 13.4. The average molecular weight is 430 g/mol. The maximum Gasteiger partial charge on any atom is 0.417 e. The Labute approximate surface area is 175 Å². The fourth-order valence-corrected chi connectivity index (χ4v) is 3.29. The summed E-state index contributed by atoms with van der Waals surface area (Å²) in [5.74, 6) is 0.134. The Kier molecular flexibility index (Phi) is 5.60. The Morgan fingerprint density at radius 2 is 1.77 bits per heavy atom. The highest BCUT2D eigenvalue weighted by Gasteiger charge is 2.31. The van der Waals surface area contributed by atoms with Crippen LogP contribution in [0.1, 0.15) is 12.0 Å². The minimum absolute atomic E-state index is 0.0387. The number of aliphatic hydroxyl groups is 1. The molecule has 0 radical (unpaired) electrons. The topological polar surface area (TPSA) is 62.5 Å². The molecule has 0 fully saturated rings. The normalized spacial score (nSPS) is 11.8. The number of aromatic nitrogens is 3. The molecule has 0 spiro atoms. The number of rotatable bonds is 6. The lowest BCUT2D eigenvalue weighted by Gasteiger charge is -2.09. The SMILES string of the molecule is OCCCNc1cc(-c2c(-c3ccc(F)cc3)nn3cc(C(F)(F)F)ccc23)ccn1. The van der Waals surface area contributed by atoms with E-state index >= 15 is 0 Å². The Hall–Kier alpha value is -3.46. The van der Waals surface area contributed by atoms with Crippen molar-refractivity contribution >= 4 is 11.3 Å². The van der Waals surface area contributed by atoms with Gasteiger partial charge in [0.05, 0.1) is 11.1 Å². The minimum atomic E-state index is -4.50. The summed E-state index contributed by atoms with van der Waals surface area (Å²) in [6, 6.07) is 11.5. The van der Waals surface area contributed by atoms with Gasteiger partial charge in [-0.15, -0.1) is 0 Å². The molecular formula is C22H18F4N4O. The average Bonchev–Trinajstić information content (AvgIpc) is 3.13. The Bertz CT molecular complexity index is 1200. The molecule has 0 unspecified atom stereocenters. The van der Waals surface area contributed by atoms with E-state index in [0.29, 0.717) is 46.7 Å². The molecule has 0 saturated carbocycles. The zero-order valence-corrected chi connectivity index (χ0v) is 16.2. The first-order valence-electron chi connectivity index (χ1n) is 9.53. The molecule has 0 atom stereocenters.